The molecule has 1 aliphatic heterocycles. The summed E-state index contributed by atoms with van der Waals surface area (Å²) in [4.78, 5) is 12.2. The highest BCUT2D eigenvalue weighted by atomic mass is 79.9. The van der Waals surface area contributed by atoms with E-state index in [1.807, 2.05) is 6.07 Å². The molecule has 0 saturated carbocycles. The number of nitrogens with two attached hydrogens (primary N) is 1. The maximum absolute atomic E-state index is 12.2. The Hall–Kier alpha value is -2.35. The molecule has 8 heteroatoms. The van der Waals surface area contributed by atoms with Crippen molar-refractivity contribution in [2.75, 3.05) is 27.9 Å². The predicted molar refractivity (Wildman–Crippen MR) is 96.8 cm³/mol. The molecule has 0 bridgehead atoms. The fraction of sp³-hybridized carbons (Fsp3) is 0.353. The minimum atomic E-state index is -0.462. The van der Waals surface area contributed by atoms with Gasteiger partial charge < -0.3 is 30.0 Å². The fourth-order valence-electron chi connectivity index (χ4n) is 2.70. The van der Waals surface area contributed by atoms with E-state index < -0.39 is 5.97 Å². The number of hydrogen-bond donors (Lipinski definition) is 2. The Morgan fingerprint density at radius 2 is 1.92 bits per heavy atom. The van der Waals surface area contributed by atoms with Crippen LogP contribution in [0.2, 0.25) is 0 Å². The van der Waals surface area contributed by atoms with Crippen LogP contribution < -0.4 is 25.3 Å². The highest BCUT2D eigenvalue weighted by molar-refractivity contribution is 9.11. The first kappa shape index (κ1) is 19.0. The molecule has 0 aliphatic carbocycles. The molecule has 3 N–H and O–H groups in total. The van der Waals surface area contributed by atoms with E-state index in [1.54, 1.807) is 27.2 Å². The maximum Gasteiger partial charge on any atom is 0.355 e. The monoisotopic (exact) mass is 412 g/mol. The van der Waals surface area contributed by atoms with Crippen molar-refractivity contribution in [2.24, 2.45) is 5.73 Å². The highest BCUT2D eigenvalue weighted by Crippen LogP contribution is 2.49. The van der Waals surface area contributed by atoms with E-state index in [0.29, 0.717) is 33.1 Å². The quantitative estimate of drug-likeness (QED) is 0.692. The van der Waals surface area contributed by atoms with Gasteiger partial charge in [-0.3, -0.25) is 0 Å². The predicted octanol–water partition coefficient (Wildman–Crippen LogP) is 2.37. The lowest BCUT2D eigenvalue weighted by Crippen LogP contribution is -2.19. The summed E-state index contributed by atoms with van der Waals surface area (Å²) < 4.78 is 22.0. The third-order valence-electron chi connectivity index (χ3n) is 3.78. The number of carbonyl (C=O) groups is 1. The molecule has 1 heterocycles. The Morgan fingerprint density at radius 3 is 2.44 bits per heavy atom. The van der Waals surface area contributed by atoms with E-state index in [1.165, 1.54) is 13.3 Å². The number of nitrogens with one attached hydrogen (secondary N) is 1. The summed E-state index contributed by atoms with van der Waals surface area (Å²) in [5, 5.41) is 3.01. The number of allylic oxidation sites excluding steroid dienone is 1. The molecule has 0 fully saturated rings. The fourth-order valence-corrected chi connectivity index (χ4v) is 3.46. The number of rotatable bonds is 6. The van der Waals surface area contributed by atoms with Crippen LogP contribution in [-0.2, 0) is 9.53 Å². The van der Waals surface area contributed by atoms with Crippen molar-refractivity contribution in [1.82, 2.24) is 5.32 Å². The summed E-state index contributed by atoms with van der Waals surface area (Å²) in [5.41, 5.74) is 7.45. The molecule has 0 saturated heterocycles. The van der Waals surface area contributed by atoms with Crippen molar-refractivity contribution in [2.45, 2.75) is 12.8 Å². The third-order valence-corrected chi connectivity index (χ3v) is 4.63. The van der Waals surface area contributed by atoms with Crippen LogP contribution in [0.1, 0.15) is 18.4 Å². The second-order valence-electron chi connectivity index (χ2n) is 5.05. The van der Waals surface area contributed by atoms with Gasteiger partial charge in [-0.2, -0.15) is 0 Å². The second-order valence-corrected chi connectivity index (χ2v) is 5.90. The zero-order chi connectivity index (χ0) is 18.6. The van der Waals surface area contributed by atoms with Gasteiger partial charge in [-0.15, -0.1) is 0 Å². The molecule has 25 heavy (non-hydrogen) atoms. The van der Waals surface area contributed by atoms with E-state index in [0.717, 1.165) is 5.56 Å². The van der Waals surface area contributed by atoms with E-state index in [2.05, 4.69) is 21.2 Å². The van der Waals surface area contributed by atoms with Crippen molar-refractivity contribution < 1.29 is 23.7 Å². The summed E-state index contributed by atoms with van der Waals surface area (Å²) in [6.45, 7) is 2.02. The molecule has 136 valence electrons. The molecule has 7 nitrogen and oxygen atoms in total. The smallest absolute Gasteiger partial charge is 0.355 e. The summed E-state index contributed by atoms with van der Waals surface area (Å²) in [6, 6.07) is 3.61. The molecule has 1 atom stereocenters. The highest BCUT2D eigenvalue weighted by Gasteiger charge is 2.36. The summed E-state index contributed by atoms with van der Waals surface area (Å²) >= 11 is 3.50. The minimum Gasteiger partial charge on any atom is -0.493 e. The molecule has 0 radical (unpaired) electrons. The average Bonchev–Trinajstić information content (AvgIpc) is 2.96. The lowest BCUT2D eigenvalue weighted by Gasteiger charge is -2.20. The van der Waals surface area contributed by atoms with Gasteiger partial charge in [-0.25, -0.2) is 4.79 Å². The van der Waals surface area contributed by atoms with Crippen LogP contribution in [0.4, 0.5) is 0 Å². The first-order valence-corrected chi connectivity index (χ1v) is 8.37. The first-order chi connectivity index (χ1) is 12.0. The van der Waals surface area contributed by atoms with Crippen LogP contribution in [0.5, 0.6) is 17.2 Å². The summed E-state index contributed by atoms with van der Waals surface area (Å²) in [5.74, 6) is 0.673. The Kier molecular flexibility index (Phi) is 6.19. The number of benzene rings is 1. The van der Waals surface area contributed by atoms with Crippen molar-refractivity contribution in [3.63, 3.8) is 0 Å². The van der Waals surface area contributed by atoms with E-state index in [-0.39, 0.29) is 12.5 Å². The minimum absolute atomic E-state index is 0.274. The third kappa shape index (κ3) is 3.39. The Balaban J connectivity index is 2.61. The van der Waals surface area contributed by atoms with Gasteiger partial charge in [0, 0.05) is 21.9 Å². The number of methoxy groups -OCH3 is 3. The molecule has 1 aromatic rings. The topological polar surface area (TPSA) is 92.0 Å². The van der Waals surface area contributed by atoms with Crippen LogP contribution in [0, 0.1) is 0 Å². The number of hydrogen-bond acceptors (Lipinski definition) is 7. The molecular weight excluding hydrogens is 392 g/mol. The standard InChI is InChI=1S/C17H21BrN2O5/c1-5-25-17(21)14-13(18)12(10(8-19)20-14)9-6-7-11(22-2)16(24-4)15(9)23-3/h6-8,12,20H,5,19H2,1-4H3. The Bertz CT molecular complexity index is 730. The van der Waals surface area contributed by atoms with Crippen LogP contribution in [0.15, 0.2) is 34.2 Å². The van der Waals surface area contributed by atoms with Gasteiger partial charge in [0.15, 0.2) is 11.5 Å². The molecule has 1 aromatic carbocycles. The molecule has 1 unspecified atom stereocenters. The van der Waals surface area contributed by atoms with Crippen molar-refractivity contribution in [1.29, 1.82) is 0 Å². The van der Waals surface area contributed by atoms with Crippen molar-refractivity contribution in [3.8, 4) is 17.2 Å². The molecular formula is C17H21BrN2O5. The number of ether oxygens (including phenoxy) is 4. The second kappa shape index (κ2) is 8.15. The van der Waals surface area contributed by atoms with Gasteiger partial charge in [0.1, 0.15) is 5.70 Å². The molecule has 2 rings (SSSR count). The van der Waals surface area contributed by atoms with Crippen LogP contribution in [0.25, 0.3) is 0 Å². The summed E-state index contributed by atoms with van der Waals surface area (Å²) in [6.07, 6.45) is 1.41. The van der Waals surface area contributed by atoms with E-state index in [4.69, 9.17) is 24.7 Å². The van der Waals surface area contributed by atoms with Crippen molar-refractivity contribution >= 4 is 21.9 Å². The normalized spacial score (nSPS) is 18.1. The Morgan fingerprint density at radius 1 is 1.24 bits per heavy atom. The number of halogens is 1. The number of esters is 1. The molecule has 0 aromatic heterocycles. The SMILES string of the molecule is CCOC(=O)C1=C(Br)C(c2ccc(OC)c(OC)c2OC)C(=CN)N1. The van der Waals surface area contributed by atoms with Gasteiger partial charge in [0.05, 0.1) is 33.9 Å². The van der Waals surface area contributed by atoms with Gasteiger partial charge in [0.25, 0.3) is 0 Å². The van der Waals surface area contributed by atoms with Gasteiger partial charge >= 0.3 is 5.97 Å². The van der Waals surface area contributed by atoms with Crippen LogP contribution in [0.3, 0.4) is 0 Å². The number of carbonyl (C=O) groups excluding carboxylic acids is 1. The van der Waals surface area contributed by atoms with Gasteiger partial charge in [-0.05, 0) is 13.0 Å². The average molecular weight is 413 g/mol. The van der Waals surface area contributed by atoms with Gasteiger partial charge in [-0.1, -0.05) is 22.0 Å². The van der Waals surface area contributed by atoms with Crippen LogP contribution in [-0.4, -0.2) is 33.9 Å². The molecule has 1 aliphatic rings. The van der Waals surface area contributed by atoms with E-state index in [9.17, 15) is 4.79 Å². The van der Waals surface area contributed by atoms with E-state index >= 15 is 0 Å². The zero-order valence-corrected chi connectivity index (χ0v) is 16.1. The zero-order valence-electron chi connectivity index (χ0n) is 14.5. The first-order valence-electron chi connectivity index (χ1n) is 7.58. The summed E-state index contributed by atoms with van der Waals surface area (Å²) in [7, 11) is 4.62. The Labute approximate surface area is 154 Å². The van der Waals surface area contributed by atoms with Crippen molar-refractivity contribution in [3.05, 3.63) is 39.8 Å². The van der Waals surface area contributed by atoms with Crippen LogP contribution >= 0.6 is 15.9 Å². The lowest BCUT2D eigenvalue weighted by molar-refractivity contribution is -0.138. The van der Waals surface area contributed by atoms with Gasteiger partial charge in [0.2, 0.25) is 5.75 Å². The largest absolute Gasteiger partial charge is 0.493 e. The maximum atomic E-state index is 12.2. The lowest BCUT2D eigenvalue weighted by atomic mass is 9.95. The molecule has 0 amide bonds. The molecule has 0 spiro atoms.